The molecule has 0 aliphatic carbocycles. The van der Waals surface area contributed by atoms with Crippen LogP contribution < -0.4 is 15.6 Å². The Morgan fingerprint density at radius 3 is 2.39 bits per heavy atom. The maximum atomic E-state index is 13.8. The Morgan fingerprint density at radius 1 is 1.19 bits per heavy atom. The van der Waals surface area contributed by atoms with Crippen molar-refractivity contribution in [3.63, 3.8) is 0 Å². The highest BCUT2D eigenvalue weighted by Gasteiger charge is 2.38. The van der Waals surface area contributed by atoms with Crippen molar-refractivity contribution in [2.45, 2.75) is 33.2 Å². The molecule has 0 unspecified atom stereocenters. The summed E-state index contributed by atoms with van der Waals surface area (Å²) in [5, 5.41) is 10.1. The molecule has 0 fully saturated rings. The van der Waals surface area contributed by atoms with Gasteiger partial charge in [-0.05, 0) is 41.9 Å². The quantitative estimate of drug-likeness (QED) is 0.421. The van der Waals surface area contributed by atoms with Crippen molar-refractivity contribution >= 4 is 27.7 Å². The number of nitrogens with zero attached hydrogens (tertiary/aromatic N) is 4. The number of aryl methyl sites for hydroxylation is 2. The highest BCUT2D eigenvalue weighted by atomic mass is 79.9. The van der Waals surface area contributed by atoms with Crippen LogP contribution in [0.25, 0.3) is 0 Å². The van der Waals surface area contributed by atoms with Crippen LogP contribution in [-0.2, 0) is 17.9 Å². The van der Waals surface area contributed by atoms with Crippen molar-refractivity contribution in [2.75, 3.05) is 12.4 Å². The van der Waals surface area contributed by atoms with Gasteiger partial charge in [-0.3, -0.25) is 9.36 Å². The molecule has 9 nitrogen and oxygen atoms in total. The summed E-state index contributed by atoms with van der Waals surface area (Å²) in [4.78, 5) is 34.5. The number of anilines is 1. The fourth-order valence-electron chi connectivity index (χ4n) is 2.68. The van der Waals surface area contributed by atoms with Gasteiger partial charge in [-0.25, -0.2) is 23.5 Å². The third-order valence-corrected chi connectivity index (χ3v) is 5.13. The second-order valence-corrected chi connectivity index (χ2v) is 7.83. The molecular formula is C21H19BrF5N5O4. The summed E-state index contributed by atoms with van der Waals surface area (Å²) in [7, 11) is 1.74. The molecule has 3 rings (SSSR count). The van der Waals surface area contributed by atoms with Gasteiger partial charge in [0.2, 0.25) is 5.88 Å². The Kier molecular flexibility index (Phi) is 9.44. The minimum Gasteiger partial charge on any atom is -0.475 e. The van der Waals surface area contributed by atoms with Crippen molar-refractivity contribution in [2.24, 2.45) is 0 Å². The summed E-state index contributed by atoms with van der Waals surface area (Å²) in [6.45, 7) is 3.44. The van der Waals surface area contributed by atoms with Crippen molar-refractivity contribution in [3.8, 4) is 5.88 Å². The Hall–Kier alpha value is -3.62. The third kappa shape index (κ3) is 7.44. The van der Waals surface area contributed by atoms with Gasteiger partial charge in [-0.1, -0.05) is 0 Å². The van der Waals surface area contributed by atoms with Crippen LogP contribution in [0.3, 0.4) is 0 Å². The van der Waals surface area contributed by atoms with E-state index in [2.05, 4.69) is 36.2 Å². The number of carbonyl (C=O) groups is 1. The van der Waals surface area contributed by atoms with Crippen molar-refractivity contribution in [1.29, 1.82) is 0 Å². The number of aromatic nitrogens is 4. The molecule has 194 valence electrons. The van der Waals surface area contributed by atoms with Crippen LogP contribution in [0.1, 0.15) is 22.8 Å². The summed E-state index contributed by atoms with van der Waals surface area (Å²) in [6.07, 6.45) is -3.43. The molecule has 0 saturated carbocycles. The zero-order valence-corrected chi connectivity index (χ0v) is 20.5. The van der Waals surface area contributed by atoms with E-state index in [0.29, 0.717) is 17.5 Å². The van der Waals surface area contributed by atoms with E-state index in [1.807, 2.05) is 0 Å². The SMILES string of the molecule is CNc1nc(C)ncc1Cn1c(C)nc(OCc2ccc(F)cc2F)c(Br)c1=O.O=C(O)C(F)(F)F. The Bertz CT molecular complexity index is 1320. The van der Waals surface area contributed by atoms with Crippen LogP contribution in [0.4, 0.5) is 27.8 Å². The van der Waals surface area contributed by atoms with Crippen LogP contribution in [0.5, 0.6) is 5.88 Å². The lowest BCUT2D eigenvalue weighted by molar-refractivity contribution is -0.192. The van der Waals surface area contributed by atoms with Crippen LogP contribution >= 0.6 is 15.9 Å². The average Bonchev–Trinajstić information content (AvgIpc) is 2.79. The van der Waals surface area contributed by atoms with Crippen LogP contribution in [-0.4, -0.2) is 43.8 Å². The molecule has 0 amide bonds. The average molecular weight is 580 g/mol. The number of carboxylic acids is 1. The third-order valence-electron chi connectivity index (χ3n) is 4.45. The normalized spacial score (nSPS) is 10.9. The zero-order chi connectivity index (χ0) is 27.2. The zero-order valence-electron chi connectivity index (χ0n) is 19.0. The first kappa shape index (κ1) is 28.6. The summed E-state index contributed by atoms with van der Waals surface area (Å²) in [6, 6.07) is 3.19. The highest BCUT2D eigenvalue weighted by molar-refractivity contribution is 9.10. The molecule has 0 aliphatic heterocycles. The molecule has 1 aromatic carbocycles. The highest BCUT2D eigenvalue weighted by Crippen LogP contribution is 2.22. The standard InChI is InChI=1S/C19H18BrF2N5O2.C2HF3O2/c1-10-24-7-13(17(23-3)25-10)8-27-11(2)26-18(16(20)19(27)28)29-9-12-4-5-14(21)6-15(12)22;3-2(4,5)1(6)7/h4-7H,8-9H2,1-3H3,(H,23,24,25);(H,6,7). The van der Waals surface area contributed by atoms with E-state index < -0.39 is 23.8 Å². The summed E-state index contributed by atoms with van der Waals surface area (Å²) in [5.41, 5.74) is 0.506. The van der Waals surface area contributed by atoms with Gasteiger partial charge in [0.15, 0.2) is 0 Å². The molecule has 15 heteroatoms. The van der Waals surface area contributed by atoms with Gasteiger partial charge in [0, 0.05) is 30.4 Å². The first-order valence-corrected chi connectivity index (χ1v) is 10.7. The molecule has 0 radical (unpaired) electrons. The van der Waals surface area contributed by atoms with Gasteiger partial charge in [0.05, 0.1) is 6.54 Å². The number of ether oxygens (including phenoxy) is 1. The Labute approximate surface area is 209 Å². The molecule has 0 saturated heterocycles. The first-order chi connectivity index (χ1) is 16.7. The molecule has 0 spiro atoms. The largest absolute Gasteiger partial charge is 0.490 e. The number of hydrogen-bond acceptors (Lipinski definition) is 7. The second kappa shape index (κ2) is 11.9. The molecule has 36 heavy (non-hydrogen) atoms. The molecule has 3 aromatic rings. The first-order valence-electron chi connectivity index (χ1n) is 9.88. The van der Waals surface area contributed by atoms with Gasteiger partial charge < -0.3 is 15.2 Å². The van der Waals surface area contributed by atoms with Gasteiger partial charge in [-0.2, -0.15) is 18.2 Å². The van der Waals surface area contributed by atoms with E-state index in [-0.39, 0.29) is 34.6 Å². The van der Waals surface area contributed by atoms with E-state index in [1.54, 1.807) is 27.1 Å². The topological polar surface area (TPSA) is 119 Å². The smallest absolute Gasteiger partial charge is 0.475 e. The number of aliphatic carboxylic acids is 1. The monoisotopic (exact) mass is 579 g/mol. The summed E-state index contributed by atoms with van der Waals surface area (Å²) >= 11 is 3.21. The van der Waals surface area contributed by atoms with Crippen molar-refractivity contribution in [3.05, 3.63) is 73.6 Å². The van der Waals surface area contributed by atoms with E-state index in [1.165, 1.54) is 10.6 Å². The lowest BCUT2D eigenvalue weighted by Gasteiger charge is -2.15. The number of rotatable bonds is 6. The molecule has 2 N–H and O–H groups in total. The van der Waals surface area contributed by atoms with Gasteiger partial charge >= 0.3 is 12.1 Å². The van der Waals surface area contributed by atoms with E-state index in [9.17, 15) is 26.7 Å². The number of alkyl halides is 3. The second-order valence-electron chi connectivity index (χ2n) is 7.04. The molecule has 0 aliphatic rings. The molecule has 0 atom stereocenters. The van der Waals surface area contributed by atoms with Crippen LogP contribution in [0, 0.1) is 25.5 Å². The Balaban J connectivity index is 0.000000572. The molecule has 2 aromatic heterocycles. The number of nitrogens with one attached hydrogen (secondary N) is 1. The fourth-order valence-corrected chi connectivity index (χ4v) is 3.09. The number of benzene rings is 1. The van der Waals surface area contributed by atoms with E-state index in [0.717, 1.165) is 17.7 Å². The van der Waals surface area contributed by atoms with Crippen LogP contribution in [0.2, 0.25) is 0 Å². The van der Waals surface area contributed by atoms with E-state index in [4.69, 9.17) is 14.6 Å². The van der Waals surface area contributed by atoms with Crippen molar-refractivity contribution < 1.29 is 36.6 Å². The van der Waals surface area contributed by atoms with Crippen LogP contribution in [0.15, 0.2) is 33.7 Å². The summed E-state index contributed by atoms with van der Waals surface area (Å²) < 4.78 is 65.6. The lowest BCUT2D eigenvalue weighted by atomic mass is 10.2. The maximum absolute atomic E-state index is 13.8. The number of hydrogen-bond donors (Lipinski definition) is 2. The van der Waals surface area contributed by atoms with Gasteiger partial charge in [-0.15, -0.1) is 0 Å². The van der Waals surface area contributed by atoms with Gasteiger partial charge in [0.1, 0.15) is 40.2 Å². The molecular weight excluding hydrogens is 561 g/mol. The van der Waals surface area contributed by atoms with Gasteiger partial charge in [0.25, 0.3) is 5.56 Å². The minimum absolute atomic E-state index is 0.0291. The fraction of sp³-hybridized carbons (Fsp3) is 0.286. The number of carboxylic acid groups (broad SMARTS) is 1. The van der Waals surface area contributed by atoms with E-state index >= 15 is 0 Å². The maximum Gasteiger partial charge on any atom is 0.490 e. The molecule has 0 bridgehead atoms. The predicted octanol–water partition coefficient (Wildman–Crippen LogP) is 3.99. The lowest BCUT2D eigenvalue weighted by Crippen LogP contribution is -2.26. The van der Waals surface area contributed by atoms with Crippen molar-refractivity contribution in [1.82, 2.24) is 19.5 Å². The minimum atomic E-state index is -5.08. The number of halogens is 6. The Morgan fingerprint density at radius 2 is 1.83 bits per heavy atom. The summed E-state index contributed by atoms with van der Waals surface area (Å²) in [5.74, 6) is -2.51. The molecule has 2 heterocycles. The predicted molar refractivity (Wildman–Crippen MR) is 121 cm³/mol.